The fourth-order valence-electron chi connectivity index (χ4n) is 1.60. The van der Waals surface area contributed by atoms with Gasteiger partial charge in [-0.15, -0.1) is 0 Å². The molecule has 0 aliphatic carbocycles. The number of pyridine rings is 1. The van der Waals surface area contributed by atoms with E-state index in [9.17, 15) is 4.79 Å². The third-order valence-electron chi connectivity index (χ3n) is 2.49. The quantitative estimate of drug-likeness (QED) is 0.823. The predicted molar refractivity (Wildman–Crippen MR) is 70.3 cm³/mol. The van der Waals surface area contributed by atoms with E-state index >= 15 is 0 Å². The fraction of sp³-hybridized carbons (Fsp3) is 0.538. The molecule has 0 unspecified atom stereocenters. The molecule has 1 aromatic rings. The monoisotopic (exact) mass is 235 g/mol. The molecule has 0 fully saturated rings. The van der Waals surface area contributed by atoms with Crippen molar-refractivity contribution in [1.29, 1.82) is 0 Å². The summed E-state index contributed by atoms with van der Waals surface area (Å²) in [5.74, 6) is 0.709. The maximum Gasteiger partial charge on any atom is 0.257 e. The van der Waals surface area contributed by atoms with Crippen LogP contribution in [0.3, 0.4) is 0 Å². The lowest BCUT2D eigenvalue weighted by molar-refractivity contribution is 0.0795. The normalized spacial score (nSPS) is 10.1. The van der Waals surface area contributed by atoms with Gasteiger partial charge >= 0.3 is 0 Å². The molecule has 0 saturated carbocycles. The van der Waals surface area contributed by atoms with Crippen molar-refractivity contribution in [2.45, 2.75) is 26.7 Å². The van der Waals surface area contributed by atoms with Crippen LogP contribution in [-0.2, 0) is 0 Å². The van der Waals surface area contributed by atoms with Crippen LogP contribution in [0.2, 0.25) is 0 Å². The van der Waals surface area contributed by atoms with Gasteiger partial charge in [-0.05, 0) is 25.0 Å². The first-order valence-corrected chi connectivity index (χ1v) is 6.15. The first-order valence-electron chi connectivity index (χ1n) is 6.15. The molecule has 0 radical (unpaired) electrons. The molecule has 0 aliphatic heterocycles. The summed E-state index contributed by atoms with van der Waals surface area (Å²) in [5, 5.41) is 3.18. The molecular formula is C13H21N3O. The maximum absolute atomic E-state index is 12.2. The minimum Gasteiger partial charge on any atom is -0.369 e. The number of hydrogen-bond donors (Lipinski definition) is 1. The Kier molecular flexibility index (Phi) is 5.46. The van der Waals surface area contributed by atoms with E-state index in [-0.39, 0.29) is 5.91 Å². The number of aromatic nitrogens is 1. The Bertz CT molecular complexity index is 365. The van der Waals surface area contributed by atoms with Crippen LogP contribution >= 0.6 is 0 Å². The number of carbonyl (C=O) groups excluding carboxylic acids is 1. The summed E-state index contributed by atoms with van der Waals surface area (Å²) in [6.07, 6.45) is 3.67. The molecule has 0 aliphatic rings. The van der Waals surface area contributed by atoms with Gasteiger partial charge in [0.25, 0.3) is 5.91 Å². The van der Waals surface area contributed by atoms with E-state index in [0.29, 0.717) is 11.4 Å². The Morgan fingerprint density at radius 3 is 2.82 bits per heavy atom. The molecule has 94 valence electrons. The van der Waals surface area contributed by atoms with Crippen LogP contribution in [0.5, 0.6) is 0 Å². The molecule has 1 N–H and O–H groups in total. The first-order chi connectivity index (χ1) is 8.20. The van der Waals surface area contributed by atoms with Crippen molar-refractivity contribution in [1.82, 2.24) is 9.88 Å². The maximum atomic E-state index is 12.2. The molecule has 0 bridgehead atoms. The average molecular weight is 235 g/mol. The highest BCUT2D eigenvalue weighted by Gasteiger charge is 2.15. The molecular weight excluding hydrogens is 214 g/mol. The largest absolute Gasteiger partial charge is 0.369 e. The van der Waals surface area contributed by atoms with Gasteiger partial charge in [-0.2, -0.15) is 0 Å². The molecule has 1 rings (SSSR count). The lowest BCUT2D eigenvalue weighted by atomic mass is 10.2. The van der Waals surface area contributed by atoms with Crippen LogP contribution in [0.1, 0.15) is 37.0 Å². The number of hydrogen-bond acceptors (Lipinski definition) is 3. The van der Waals surface area contributed by atoms with Gasteiger partial charge in [-0.1, -0.05) is 13.8 Å². The van der Waals surface area contributed by atoms with Gasteiger partial charge in [0.05, 0.1) is 5.56 Å². The van der Waals surface area contributed by atoms with Crippen molar-refractivity contribution in [3.63, 3.8) is 0 Å². The number of amides is 1. The summed E-state index contributed by atoms with van der Waals surface area (Å²) < 4.78 is 0. The molecule has 4 nitrogen and oxygen atoms in total. The van der Waals surface area contributed by atoms with E-state index in [1.165, 1.54) is 0 Å². The lowest BCUT2D eigenvalue weighted by Crippen LogP contribution is -2.28. The van der Waals surface area contributed by atoms with Gasteiger partial charge in [0, 0.05) is 26.3 Å². The highest BCUT2D eigenvalue weighted by molar-refractivity contribution is 5.98. The summed E-state index contributed by atoms with van der Waals surface area (Å²) in [7, 11) is 1.82. The van der Waals surface area contributed by atoms with Crippen LogP contribution in [0.15, 0.2) is 18.3 Å². The molecule has 1 aromatic heterocycles. The first kappa shape index (κ1) is 13.5. The highest BCUT2D eigenvalue weighted by atomic mass is 16.2. The lowest BCUT2D eigenvalue weighted by Gasteiger charge is -2.18. The van der Waals surface area contributed by atoms with Gasteiger partial charge < -0.3 is 10.2 Å². The average Bonchev–Trinajstić information content (AvgIpc) is 2.36. The van der Waals surface area contributed by atoms with Gasteiger partial charge in [0.15, 0.2) is 0 Å². The van der Waals surface area contributed by atoms with E-state index < -0.39 is 0 Å². The zero-order chi connectivity index (χ0) is 12.7. The number of carbonyl (C=O) groups is 1. The molecule has 0 atom stereocenters. The topological polar surface area (TPSA) is 45.2 Å². The molecule has 17 heavy (non-hydrogen) atoms. The summed E-state index contributed by atoms with van der Waals surface area (Å²) in [5.41, 5.74) is 0.650. The molecule has 4 heteroatoms. The Balaban J connectivity index is 2.84. The van der Waals surface area contributed by atoms with Crippen molar-refractivity contribution in [2.24, 2.45) is 0 Å². The van der Waals surface area contributed by atoms with Crippen LogP contribution in [-0.4, -0.2) is 35.9 Å². The smallest absolute Gasteiger partial charge is 0.257 e. The highest BCUT2D eigenvalue weighted by Crippen LogP contribution is 2.13. The summed E-state index contributed by atoms with van der Waals surface area (Å²) >= 11 is 0. The van der Waals surface area contributed by atoms with Crippen LogP contribution in [0.25, 0.3) is 0 Å². The van der Waals surface area contributed by atoms with Gasteiger partial charge in [-0.3, -0.25) is 4.79 Å². The number of rotatable bonds is 6. The third-order valence-corrected chi connectivity index (χ3v) is 2.49. The summed E-state index contributed by atoms with van der Waals surface area (Å²) in [6, 6.07) is 3.61. The molecule has 0 saturated heterocycles. The van der Waals surface area contributed by atoms with Crippen LogP contribution in [0.4, 0.5) is 5.82 Å². The minimum atomic E-state index is 0.0264. The Hall–Kier alpha value is -1.58. The van der Waals surface area contributed by atoms with Crippen molar-refractivity contribution in [3.8, 4) is 0 Å². The van der Waals surface area contributed by atoms with Crippen molar-refractivity contribution >= 4 is 11.7 Å². The fourth-order valence-corrected chi connectivity index (χ4v) is 1.60. The van der Waals surface area contributed by atoms with Gasteiger partial charge in [-0.25, -0.2) is 4.98 Å². The van der Waals surface area contributed by atoms with Crippen LogP contribution in [0, 0.1) is 0 Å². The van der Waals surface area contributed by atoms with E-state index in [2.05, 4.69) is 24.1 Å². The van der Waals surface area contributed by atoms with E-state index in [0.717, 1.165) is 25.9 Å². The van der Waals surface area contributed by atoms with Crippen molar-refractivity contribution in [3.05, 3.63) is 23.9 Å². The predicted octanol–water partition coefficient (Wildman–Crippen LogP) is 2.39. The standard InChI is InChI=1S/C13H21N3O/c1-4-8-14-12-11(7-6-9-15-12)13(17)16(3)10-5-2/h6-7,9H,4-5,8,10H2,1-3H3,(H,14,15). The number of anilines is 1. The second kappa shape index (κ2) is 6.89. The second-order valence-corrected chi connectivity index (χ2v) is 4.05. The minimum absolute atomic E-state index is 0.0264. The zero-order valence-corrected chi connectivity index (χ0v) is 10.9. The van der Waals surface area contributed by atoms with Crippen molar-refractivity contribution in [2.75, 3.05) is 25.5 Å². The molecule has 1 amide bonds. The van der Waals surface area contributed by atoms with Crippen molar-refractivity contribution < 1.29 is 4.79 Å². The summed E-state index contributed by atoms with van der Waals surface area (Å²) in [6.45, 7) is 5.74. The third kappa shape index (κ3) is 3.73. The van der Waals surface area contributed by atoms with Gasteiger partial charge in [0.1, 0.15) is 5.82 Å². The van der Waals surface area contributed by atoms with Crippen LogP contribution < -0.4 is 5.32 Å². The summed E-state index contributed by atoms with van der Waals surface area (Å²) in [4.78, 5) is 18.1. The second-order valence-electron chi connectivity index (χ2n) is 4.05. The van der Waals surface area contributed by atoms with E-state index in [1.54, 1.807) is 17.2 Å². The Morgan fingerprint density at radius 2 is 2.18 bits per heavy atom. The molecule has 0 aromatic carbocycles. The Morgan fingerprint density at radius 1 is 1.41 bits per heavy atom. The molecule has 0 spiro atoms. The number of nitrogens with one attached hydrogen (secondary N) is 1. The SMILES string of the molecule is CCCNc1ncccc1C(=O)N(C)CCC. The Labute approximate surface area is 103 Å². The van der Waals surface area contributed by atoms with E-state index in [1.807, 2.05) is 13.1 Å². The molecule has 1 heterocycles. The van der Waals surface area contributed by atoms with E-state index in [4.69, 9.17) is 0 Å². The zero-order valence-electron chi connectivity index (χ0n) is 10.9. The van der Waals surface area contributed by atoms with Gasteiger partial charge in [0.2, 0.25) is 0 Å². The number of nitrogens with zero attached hydrogens (tertiary/aromatic N) is 2.